The van der Waals surface area contributed by atoms with Crippen molar-refractivity contribution >= 4 is 28.6 Å². The molecule has 0 bridgehead atoms. The average molecular weight is 677 g/mol. The fourth-order valence-corrected chi connectivity index (χ4v) is 9.78. The Balaban J connectivity index is 1.88. The third-order valence-corrected chi connectivity index (χ3v) is 21.7. The predicted molar refractivity (Wildman–Crippen MR) is 194 cm³/mol. The van der Waals surface area contributed by atoms with E-state index in [2.05, 4.69) is 114 Å². The van der Waals surface area contributed by atoms with E-state index in [-0.39, 0.29) is 58.3 Å². The number of fused-ring (bicyclic) bond motifs is 1. The summed E-state index contributed by atoms with van der Waals surface area (Å²) in [6, 6.07) is 0. The van der Waals surface area contributed by atoms with E-state index >= 15 is 0 Å². The van der Waals surface area contributed by atoms with Gasteiger partial charge in [-0.25, -0.2) is 0 Å². The van der Waals surface area contributed by atoms with Crippen molar-refractivity contribution in [1.29, 1.82) is 0 Å². The van der Waals surface area contributed by atoms with Crippen molar-refractivity contribution in [2.75, 3.05) is 0 Å². The minimum absolute atomic E-state index is 0.0647. The fraction of sp³-hybridized carbons (Fsp3) is 0.842. The van der Waals surface area contributed by atoms with Crippen LogP contribution in [0.3, 0.4) is 0 Å². The van der Waals surface area contributed by atoms with Gasteiger partial charge in [-0.15, -0.1) is 0 Å². The molecule has 0 aromatic heterocycles. The van der Waals surface area contributed by atoms with Crippen LogP contribution in [0.4, 0.5) is 0 Å². The quantitative estimate of drug-likeness (QED) is 0.151. The summed E-state index contributed by atoms with van der Waals surface area (Å²) in [6.07, 6.45) is 12.0. The van der Waals surface area contributed by atoms with E-state index in [1.807, 2.05) is 0 Å². The van der Waals surface area contributed by atoms with Gasteiger partial charge in [-0.05, 0) is 85.8 Å². The Kier molecular flexibility index (Phi) is 12.5. The maximum Gasteiger partial charge on any atom is 0.312 e. The van der Waals surface area contributed by atoms with Crippen LogP contribution in [-0.4, -0.2) is 53.0 Å². The van der Waals surface area contributed by atoms with Crippen LogP contribution in [0, 0.1) is 23.2 Å². The van der Waals surface area contributed by atoms with Crippen LogP contribution in [0.25, 0.3) is 0 Å². The number of rotatable bonds is 12. The van der Waals surface area contributed by atoms with Crippen molar-refractivity contribution in [3.8, 4) is 0 Å². The van der Waals surface area contributed by atoms with Crippen molar-refractivity contribution in [2.24, 2.45) is 23.2 Å². The molecule has 6 nitrogen and oxygen atoms in total. The number of allylic oxidation sites excluding steroid dienone is 2. The third-order valence-electron chi connectivity index (χ3n) is 12.6. The second-order valence-corrected chi connectivity index (χ2v) is 27.2. The molecule has 0 spiro atoms. The molecule has 1 saturated heterocycles. The van der Waals surface area contributed by atoms with Gasteiger partial charge in [0.25, 0.3) is 0 Å². The zero-order valence-corrected chi connectivity index (χ0v) is 33.9. The van der Waals surface area contributed by atoms with Gasteiger partial charge < -0.3 is 18.3 Å². The highest BCUT2D eigenvalue weighted by molar-refractivity contribution is 6.74. The summed E-state index contributed by atoms with van der Waals surface area (Å²) in [7, 11) is -4.06. The normalized spacial score (nSPS) is 29.6. The number of hydrogen-bond donors (Lipinski definition) is 0. The SMILES string of the molecule is CCC(CC)(CC)C(=O)O[C@H]1C[C@H](O[Si](C)(C)C(C)(C)C)C=C2C=C[C@@H](C)[C@H](CC[C@@H]3C[C@@H](O[Si](C)(C)C(C)(C)C)CC(=O)O3)[C@H]21. The first kappa shape index (κ1) is 39.2. The summed E-state index contributed by atoms with van der Waals surface area (Å²) in [5, 5.41) is 0.167. The minimum atomic E-state index is -2.05. The smallest absolute Gasteiger partial charge is 0.312 e. The molecule has 0 aromatic rings. The van der Waals surface area contributed by atoms with Gasteiger partial charge >= 0.3 is 11.9 Å². The Labute approximate surface area is 284 Å². The van der Waals surface area contributed by atoms with Crippen LogP contribution in [0.15, 0.2) is 23.8 Å². The summed E-state index contributed by atoms with van der Waals surface area (Å²) >= 11 is 0. The van der Waals surface area contributed by atoms with Gasteiger partial charge in [-0.1, -0.05) is 87.5 Å². The molecule has 0 N–H and O–H groups in total. The molecular weight excluding hydrogens is 609 g/mol. The molecule has 2 aliphatic carbocycles. The van der Waals surface area contributed by atoms with Crippen LogP contribution < -0.4 is 0 Å². The summed E-state index contributed by atoms with van der Waals surface area (Å²) in [4.78, 5) is 26.7. The van der Waals surface area contributed by atoms with Crippen LogP contribution in [0.1, 0.15) is 121 Å². The van der Waals surface area contributed by atoms with Crippen LogP contribution in [0.5, 0.6) is 0 Å². The van der Waals surface area contributed by atoms with Gasteiger partial charge in [0, 0.05) is 18.8 Å². The lowest BCUT2D eigenvalue weighted by atomic mass is 9.66. The van der Waals surface area contributed by atoms with Gasteiger partial charge in [-0.2, -0.15) is 0 Å². The number of ether oxygens (including phenoxy) is 2. The first-order valence-electron chi connectivity index (χ1n) is 18.3. The monoisotopic (exact) mass is 676 g/mol. The summed E-state index contributed by atoms with van der Waals surface area (Å²) in [5.41, 5.74) is 0.767. The first-order valence-corrected chi connectivity index (χ1v) is 24.1. The van der Waals surface area contributed by atoms with Crippen LogP contribution >= 0.6 is 0 Å². The van der Waals surface area contributed by atoms with E-state index in [1.54, 1.807) is 0 Å². The van der Waals surface area contributed by atoms with E-state index in [1.165, 1.54) is 5.57 Å². The number of esters is 2. The maximum atomic E-state index is 13.9. The Hall–Kier alpha value is -1.23. The Morgan fingerprint density at radius 2 is 1.46 bits per heavy atom. The number of cyclic esters (lactones) is 1. The van der Waals surface area contributed by atoms with Crippen LogP contribution in [0.2, 0.25) is 36.3 Å². The Bertz CT molecular complexity index is 1110. The van der Waals surface area contributed by atoms with E-state index in [4.69, 9.17) is 18.3 Å². The molecule has 264 valence electrons. The van der Waals surface area contributed by atoms with Gasteiger partial charge in [0.15, 0.2) is 16.6 Å². The highest BCUT2D eigenvalue weighted by atomic mass is 28.4. The maximum absolute atomic E-state index is 13.9. The molecule has 0 aromatic carbocycles. The van der Waals surface area contributed by atoms with Crippen molar-refractivity contribution < 1.29 is 27.9 Å². The topological polar surface area (TPSA) is 71.1 Å². The molecule has 0 saturated carbocycles. The number of carbonyl (C=O) groups excluding carboxylic acids is 2. The molecule has 1 fully saturated rings. The predicted octanol–water partition coefficient (Wildman–Crippen LogP) is 10.1. The van der Waals surface area contributed by atoms with Crippen LogP contribution in [-0.2, 0) is 27.9 Å². The molecule has 1 heterocycles. The molecule has 0 amide bonds. The summed E-state index contributed by atoms with van der Waals surface area (Å²) in [6.45, 7) is 31.2. The molecule has 8 heteroatoms. The summed E-state index contributed by atoms with van der Waals surface area (Å²) in [5.74, 6) is 0.452. The lowest BCUT2D eigenvalue weighted by Gasteiger charge is -2.47. The molecule has 3 aliphatic rings. The second kappa shape index (κ2) is 14.7. The highest BCUT2D eigenvalue weighted by Crippen LogP contribution is 2.47. The zero-order chi connectivity index (χ0) is 34.9. The third kappa shape index (κ3) is 8.86. The lowest BCUT2D eigenvalue weighted by molar-refractivity contribution is -0.169. The average Bonchev–Trinajstić information content (AvgIpc) is 2.92. The van der Waals surface area contributed by atoms with Crippen molar-refractivity contribution in [3.05, 3.63) is 23.8 Å². The Morgan fingerprint density at radius 3 is 2.00 bits per heavy atom. The van der Waals surface area contributed by atoms with Crippen molar-refractivity contribution in [1.82, 2.24) is 0 Å². The van der Waals surface area contributed by atoms with Gasteiger partial charge in [-0.3, -0.25) is 9.59 Å². The van der Waals surface area contributed by atoms with Gasteiger partial charge in [0.2, 0.25) is 0 Å². The lowest BCUT2D eigenvalue weighted by Crippen LogP contribution is -2.49. The van der Waals surface area contributed by atoms with Gasteiger partial charge in [0.1, 0.15) is 12.2 Å². The fourth-order valence-electron chi connectivity index (χ4n) is 7.14. The molecule has 3 rings (SSSR count). The number of hydrogen-bond acceptors (Lipinski definition) is 6. The molecule has 0 radical (unpaired) electrons. The minimum Gasteiger partial charge on any atom is -0.462 e. The first-order chi connectivity index (χ1) is 21.1. The molecule has 1 aliphatic heterocycles. The Morgan fingerprint density at radius 1 is 0.891 bits per heavy atom. The molecule has 7 atom stereocenters. The zero-order valence-electron chi connectivity index (χ0n) is 31.9. The summed E-state index contributed by atoms with van der Waals surface area (Å²) < 4.78 is 26.2. The van der Waals surface area contributed by atoms with Gasteiger partial charge in [0.05, 0.1) is 24.0 Å². The standard InChI is InChI=1S/C38H68O6Si2/c1-15-38(16-2,17-3)35(40)42-32-24-29(43-45(11,12)36(5,6)7)22-27-19-18-26(4)31(34(27)32)21-20-28-23-30(25-33(39)41-28)44-46(13,14)37(8,9)10/h18-19,22,26,28-32,34H,15-17,20-21,23-25H2,1-14H3/t26-,28-,29-,30-,31+,32+,34+/m1/s1. The molecular formula is C38H68O6Si2. The van der Waals surface area contributed by atoms with Crippen molar-refractivity contribution in [2.45, 2.75) is 181 Å². The van der Waals surface area contributed by atoms with E-state index in [9.17, 15) is 9.59 Å². The largest absolute Gasteiger partial charge is 0.462 e. The second-order valence-electron chi connectivity index (χ2n) is 17.6. The van der Waals surface area contributed by atoms with E-state index in [0.717, 1.165) is 38.5 Å². The molecule has 0 unspecified atom stereocenters. The number of carbonyl (C=O) groups is 2. The van der Waals surface area contributed by atoms with Crippen molar-refractivity contribution in [3.63, 3.8) is 0 Å². The van der Waals surface area contributed by atoms with E-state index in [0.29, 0.717) is 18.8 Å². The molecule has 46 heavy (non-hydrogen) atoms. The van der Waals surface area contributed by atoms with E-state index < -0.39 is 22.0 Å². The highest BCUT2D eigenvalue weighted by Gasteiger charge is 2.48.